The summed E-state index contributed by atoms with van der Waals surface area (Å²) in [7, 11) is 0. The molecule has 0 heterocycles. The van der Waals surface area contributed by atoms with Crippen molar-refractivity contribution in [3.05, 3.63) is 64.7 Å². The maximum atomic E-state index is 12.2. The third kappa shape index (κ3) is 3.31. The van der Waals surface area contributed by atoms with Crippen LogP contribution in [0.15, 0.2) is 48.5 Å². The smallest absolute Gasteiger partial charge is 0.255 e. The van der Waals surface area contributed by atoms with E-state index >= 15 is 0 Å². The van der Waals surface area contributed by atoms with Crippen LogP contribution in [0.25, 0.3) is 0 Å². The van der Waals surface area contributed by atoms with Crippen LogP contribution in [0.5, 0.6) is 5.75 Å². The lowest BCUT2D eigenvalue weighted by Gasteiger charge is -2.18. The number of carbonyl (C=O) groups excluding carboxylic acids is 1. The largest absolute Gasteiger partial charge is 0.507 e. The van der Waals surface area contributed by atoms with E-state index in [2.05, 4.69) is 5.32 Å². The molecule has 0 aliphatic rings. The Balaban J connectivity index is 2.20. The minimum absolute atomic E-state index is 0.0742. The number of nitrogens with one attached hydrogen (secondary N) is 1. The molecule has 0 saturated carbocycles. The van der Waals surface area contributed by atoms with Crippen molar-refractivity contribution in [3.8, 4) is 5.75 Å². The predicted molar refractivity (Wildman–Crippen MR) is 80.1 cm³/mol. The van der Waals surface area contributed by atoms with Crippen LogP contribution in [0, 0.1) is 0 Å². The quantitative estimate of drug-likeness (QED) is 0.896. The average molecular weight is 290 g/mol. The molecule has 2 N–H and O–H groups in total. The first kappa shape index (κ1) is 14.4. The van der Waals surface area contributed by atoms with Crippen LogP contribution in [-0.2, 0) is 0 Å². The second-order valence-corrected chi connectivity index (χ2v) is 4.94. The Bertz CT molecular complexity index is 599. The second-order valence-electron chi connectivity index (χ2n) is 4.51. The molecule has 3 nitrogen and oxygen atoms in total. The van der Waals surface area contributed by atoms with E-state index in [1.54, 1.807) is 6.07 Å². The zero-order chi connectivity index (χ0) is 14.5. The minimum Gasteiger partial charge on any atom is -0.507 e. The SMILES string of the molecule is CCC(NC(=O)c1cc(Cl)ccc1O)c1ccccc1. The van der Waals surface area contributed by atoms with Crippen LogP contribution in [0.3, 0.4) is 0 Å². The molecule has 0 spiro atoms. The molecule has 0 radical (unpaired) electrons. The van der Waals surface area contributed by atoms with Crippen LogP contribution < -0.4 is 5.32 Å². The summed E-state index contributed by atoms with van der Waals surface area (Å²) in [5.41, 5.74) is 1.22. The summed E-state index contributed by atoms with van der Waals surface area (Å²) in [6.45, 7) is 2.00. The minimum atomic E-state index is -0.333. The number of hydrogen-bond donors (Lipinski definition) is 2. The molecule has 4 heteroatoms. The molecule has 2 aromatic rings. The van der Waals surface area contributed by atoms with Gasteiger partial charge >= 0.3 is 0 Å². The molecule has 0 aliphatic heterocycles. The van der Waals surface area contributed by atoms with Gasteiger partial charge in [0.2, 0.25) is 0 Å². The number of phenolic OH excluding ortho intramolecular Hbond substituents is 1. The molecule has 20 heavy (non-hydrogen) atoms. The number of rotatable bonds is 4. The van der Waals surface area contributed by atoms with E-state index in [4.69, 9.17) is 11.6 Å². The first-order chi connectivity index (χ1) is 9.61. The number of amides is 1. The van der Waals surface area contributed by atoms with E-state index in [0.29, 0.717) is 5.02 Å². The summed E-state index contributed by atoms with van der Waals surface area (Å²) in [5, 5.41) is 13.1. The third-order valence-electron chi connectivity index (χ3n) is 3.12. The number of benzene rings is 2. The standard InChI is InChI=1S/C16H16ClNO2/c1-2-14(11-6-4-3-5-7-11)18-16(20)13-10-12(17)8-9-15(13)19/h3-10,14,19H,2H2,1H3,(H,18,20). The molecular weight excluding hydrogens is 274 g/mol. The Morgan fingerprint density at radius 1 is 1.25 bits per heavy atom. The van der Waals surface area contributed by atoms with Crippen molar-refractivity contribution in [2.75, 3.05) is 0 Å². The Hall–Kier alpha value is -2.00. The van der Waals surface area contributed by atoms with Crippen molar-refractivity contribution < 1.29 is 9.90 Å². The van der Waals surface area contributed by atoms with Gasteiger partial charge in [-0.15, -0.1) is 0 Å². The fourth-order valence-corrected chi connectivity index (χ4v) is 2.20. The number of phenols is 1. The van der Waals surface area contributed by atoms with Crippen molar-refractivity contribution in [1.82, 2.24) is 5.32 Å². The average Bonchev–Trinajstić information content (AvgIpc) is 2.48. The van der Waals surface area contributed by atoms with Gasteiger partial charge in [0.15, 0.2) is 0 Å². The molecule has 0 aromatic heterocycles. The fourth-order valence-electron chi connectivity index (χ4n) is 2.03. The fraction of sp³-hybridized carbons (Fsp3) is 0.188. The number of halogens is 1. The molecule has 2 rings (SSSR count). The molecular formula is C16H16ClNO2. The topological polar surface area (TPSA) is 49.3 Å². The molecule has 1 atom stereocenters. The summed E-state index contributed by atoms with van der Waals surface area (Å²) in [4.78, 5) is 12.2. The van der Waals surface area contributed by atoms with E-state index in [1.807, 2.05) is 37.3 Å². The van der Waals surface area contributed by atoms with Crippen molar-refractivity contribution in [2.24, 2.45) is 0 Å². The molecule has 0 saturated heterocycles. The van der Waals surface area contributed by atoms with Gasteiger partial charge in [0.1, 0.15) is 5.75 Å². The van der Waals surface area contributed by atoms with E-state index < -0.39 is 0 Å². The Morgan fingerprint density at radius 3 is 2.60 bits per heavy atom. The highest BCUT2D eigenvalue weighted by Crippen LogP contribution is 2.23. The molecule has 0 bridgehead atoms. The van der Waals surface area contributed by atoms with Gasteiger partial charge in [0, 0.05) is 5.02 Å². The molecule has 0 fully saturated rings. The van der Waals surface area contributed by atoms with Gasteiger partial charge in [-0.3, -0.25) is 4.79 Å². The zero-order valence-corrected chi connectivity index (χ0v) is 11.9. The maximum Gasteiger partial charge on any atom is 0.255 e. The summed E-state index contributed by atoms with van der Waals surface area (Å²) in [6.07, 6.45) is 0.761. The lowest BCUT2D eigenvalue weighted by atomic mass is 10.0. The predicted octanol–water partition coefficient (Wildman–Crippen LogP) is 3.93. The summed E-state index contributed by atoms with van der Waals surface area (Å²) < 4.78 is 0. The van der Waals surface area contributed by atoms with Gasteiger partial charge in [-0.25, -0.2) is 0 Å². The van der Waals surface area contributed by atoms with Crippen molar-refractivity contribution in [2.45, 2.75) is 19.4 Å². The number of aromatic hydroxyl groups is 1. The molecule has 2 aromatic carbocycles. The lowest BCUT2D eigenvalue weighted by molar-refractivity contribution is 0.0933. The first-order valence-electron chi connectivity index (χ1n) is 6.46. The van der Waals surface area contributed by atoms with Crippen molar-refractivity contribution >= 4 is 17.5 Å². The summed E-state index contributed by atoms with van der Waals surface area (Å²) >= 11 is 5.86. The lowest BCUT2D eigenvalue weighted by Crippen LogP contribution is -2.28. The van der Waals surface area contributed by atoms with Crippen LogP contribution >= 0.6 is 11.6 Å². The summed E-state index contributed by atoms with van der Waals surface area (Å²) in [6, 6.07) is 14.1. The third-order valence-corrected chi connectivity index (χ3v) is 3.35. The highest BCUT2D eigenvalue weighted by molar-refractivity contribution is 6.31. The van der Waals surface area contributed by atoms with Gasteiger partial charge < -0.3 is 10.4 Å². The van der Waals surface area contributed by atoms with E-state index in [-0.39, 0.29) is 23.3 Å². The highest BCUT2D eigenvalue weighted by atomic mass is 35.5. The second kappa shape index (κ2) is 6.44. The highest BCUT2D eigenvalue weighted by Gasteiger charge is 2.16. The zero-order valence-electron chi connectivity index (χ0n) is 11.1. The van der Waals surface area contributed by atoms with Crippen LogP contribution in [0.1, 0.15) is 35.3 Å². The molecule has 104 valence electrons. The van der Waals surface area contributed by atoms with E-state index in [1.165, 1.54) is 12.1 Å². The number of hydrogen-bond acceptors (Lipinski definition) is 2. The van der Waals surface area contributed by atoms with Crippen LogP contribution in [0.2, 0.25) is 5.02 Å². The molecule has 0 aliphatic carbocycles. The van der Waals surface area contributed by atoms with Crippen LogP contribution in [-0.4, -0.2) is 11.0 Å². The molecule has 1 unspecified atom stereocenters. The summed E-state index contributed by atoms with van der Waals surface area (Å²) in [5.74, 6) is -0.407. The van der Waals surface area contributed by atoms with Gasteiger partial charge in [0.05, 0.1) is 11.6 Å². The van der Waals surface area contributed by atoms with Gasteiger partial charge in [-0.2, -0.15) is 0 Å². The van der Waals surface area contributed by atoms with Crippen molar-refractivity contribution in [3.63, 3.8) is 0 Å². The van der Waals surface area contributed by atoms with Crippen molar-refractivity contribution in [1.29, 1.82) is 0 Å². The monoisotopic (exact) mass is 289 g/mol. The Kier molecular flexibility index (Phi) is 4.64. The normalized spacial score (nSPS) is 11.9. The number of carbonyl (C=O) groups is 1. The first-order valence-corrected chi connectivity index (χ1v) is 6.84. The van der Waals surface area contributed by atoms with E-state index in [0.717, 1.165) is 12.0 Å². The van der Waals surface area contributed by atoms with Gasteiger partial charge in [0.25, 0.3) is 5.91 Å². The molecule has 1 amide bonds. The van der Waals surface area contributed by atoms with Crippen LogP contribution in [0.4, 0.5) is 0 Å². The Morgan fingerprint density at radius 2 is 1.95 bits per heavy atom. The van der Waals surface area contributed by atoms with Gasteiger partial charge in [-0.1, -0.05) is 48.9 Å². The maximum absolute atomic E-state index is 12.2. The van der Waals surface area contributed by atoms with Gasteiger partial charge in [-0.05, 0) is 30.2 Å². The Labute approximate surface area is 123 Å². The van der Waals surface area contributed by atoms with E-state index in [9.17, 15) is 9.90 Å².